The van der Waals surface area contributed by atoms with Gasteiger partial charge in [-0.15, -0.1) is 0 Å². The van der Waals surface area contributed by atoms with Gasteiger partial charge < -0.3 is 14.2 Å². The van der Waals surface area contributed by atoms with Gasteiger partial charge in [-0.3, -0.25) is 14.4 Å². The van der Waals surface area contributed by atoms with E-state index in [9.17, 15) is 14.4 Å². The Labute approximate surface area is 501 Å². The van der Waals surface area contributed by atoms with E-state index in [1.54, 1.807) is 0 Å². The Morgan fingerprint density at radius 2 is 0.506 bits per heavy atom. The highest BCUT2D eigenvalue weighted by Gasteiger charge is 2.19. The van der Waals surface area contributed by atoms with E-state index in [0.717, 1.165) is 128 Å². The van der Waals surface area contributed by atoms with Crippen LogP contribution >= 0.6 is 0 Å². The van der Waals surface area contributed by atoms with Crippen molar-refractivity contribution >= 4 is 17.9 Å². The third-order valence-corrected chi connectivity index (χ3v) is 14.7. The predicted molar refractivity (Wildman–Crippen MR) is 353 cm³/mol. The zero-order valence-electron chi connectivity index (χ0n) is 53.3. The van der Waals surface area contributed by atoms with Crippen LogP contribution in [0.1, 0.15) is 329 Å². The van der Waals surface area contributed by atoms with Gasteiger partial charge in [0.1, 0.15) is 13.2 Å². The Balaban J connectivity index is 4.17. The molecule has 6 nitrogen and oxygen atoms in total. The highest BCUT2D eigenvalue weighted by Crippen LogP contribution is 2.17. The lowest BCUT2D eigenvalue weighted by Gasteiger charge is -2.18. The van der Waals surface area contributed by atoms with Crippen molar-refractivity contribution in [3.63, 3.8) is 0 Å². The van der Waals surface area contributed by atoms with Crippen molar-refractivity contribution in [2.45, 2.75) is 335 Å². The molecule has 81 heavy (non-hydrogen) atoms. The molecule has 0 bridgehead atoms. The minimum atomic E-state index is -0.782. The maximum Gasteiger partial charge on any atom is 0.306 e. The van der Waals surface area contributed by atoms with Crippen molar-refractivity contribution in [1.29, 1.82) is 0 Å². The van der Waals surface area contributed by atoms with Crippen LogP contribution in [0.4, 0.5) is 0 Å². The molecular formula is C75H128O6. The molecule has 464 valence electrons. The Kier molecular flexibility index (Phi) is 65.2. The van der Waals surface area contributed by atoms with Gasteiger partial charge in [0.2, 0.25) is 0 Å². The maximum absolute atomic E-state index is 12.9. The number of allylic oxidation sites excluding steroid dienone is 18. The molecule has 6 heteroatoms. The van der Waals surface area contributed by atoms with Gasteiger partial charge in [-0.05, 0) is 103 Å². The number of hydrogen-bond donors (Lipinski definition) is 0. The molecule has 1 unspecified atom stereocenters. The molecule has 0 amide bonds. The van der Waals surface area contributed by atoms with Crippen LogP contribution in [0.25, 0.3) is 0 Å². The smallest absolute Gasteiger partial charge is 0.306 e. The molecule has 0 aliphatic rings. The molecule has 0 N–H and O–H groups in total. The second-order valence-corrected chi connectivity index (χ2v) is 22.7. The number of hydrogen-bond acceptors (Lipinski definition) is 6. The fraction of sp³-hybridized carbons (Fsp3) is 0.720. The number of rotatable bonds is 62. The van der Waals surface area contributed by atoms with E-state index in [-0.39, 0.29) is 31.1 Å². The number of carbonyl (C=O) groups is 3. The summed E-state index contributed by atoms with van der Waals surface area (Å²) in [6.45, 7) is 6.48. The van der Waals surface area contributed by atoms with Gasteiger partial charge >= 0.3 is 17.9 Å². The van der Waals surface area contributed by atoms with Crippen molar-refractivity contribution in [3.05, 3.63) is 109 Å². The minimum absolute atomic E-state index is 0.0795. The van der Waals surface area contributed by atoms with E-state index in [1.165, 1.54) is 161 Å². The zero-order chi connectivity index (χ0) is 58.5. The third-order valence-electron chi connectivity index (χ3n) is 14.7. The summed E-state index contributed by atoms with van der Waals surface area (Å²) in [5, 5.41) is 0. The van der Waals surface area contributed by atoms with Crippen molar-refractivity contribution in [1.82, 2.24) is 0 Å². The molecule has 0 rings (SSSR count). The van der Waals surface area contributed by atoms with Crippen molar-refractivity contribution in [2.75, 3.05) is 13.2 Å². The first kappa shape index (κ1) is 77.1. The summed E-state index contributed by atoms with van der Waals surface area (Å²) >= 11 is 0. The normalized spacial score (nSPS) is 12.8. The lowest BCUT2D eigenvalue weighted by molar-refractivity contribution is -0.167. The first-order valence-electron chi connectivity index (χ1n) is 34.4. The minimum Gasteiger partial charge on any atom is -0.462 e. The Bertz CT molecular complexity index is 1620. The molecule has 0 heterocycles. The molecule has 0 aliphatic carbocycles. The second-order valence-electron chi connectivity index (χ2n) is 22.7. The molecule has 1 atom stereocenters. The lowest BCUT2D eigenvalue weighted by atomic mass is 10.0. The fourth-order valence-electron chi connectivity index (χ4n) is 9.64. The standard InChI is InChI=1S/C75H128O6/c1-4-7-10-13-16-19-22-25-27-28-29-30-31-32-33-34-35-36-37-38-39-40-41-42-43-44-45-46-48-50-53-56-59-62-65-68-74(77)80-71-72(70-79-73(76)67-64-61-58-55-52-49-24-21-18-15-12-9-6-3)81-75(78)69-66-63-60-57-54-51-47-26-23-20-17-14-11-8-5-2/h7,10,12,15-16,19,21,24-25,27,29-30,32-33,35-36,38-39,72H,4-6,8-9,11,13-14,17-18,20,22-23,26,28,31,34,37,40-71H2,1-3H3/b10-7-,15-12-,19-16-,24-21-,27-25-,30-29-,33-32-,36-35-,39-38-. The van der Waals surface area contributed by atoms with Crippen LogP contribution in [0.3, 0.4) is 0 Å². The number of esters is 3. The van der Waals surface area contributed by atoms with Crippen LogP contribution < -0.4 is 0 Å². The van der Waals surface area contributed by atoms with Crippen LogP contribution in [-0.4, -0.2) is 37.2 Å². The SMILES string of the molecule is CC/C=C\C/C=C\C/C=C\C/C=C\C/C=C\C/C=C\C/C=C\CCCCCCCCCCCCCCCC(=O)OCC(COC(=O)CCCCCCC/C=C\C/C=C\CCC)OC(=O)CCCCCCCCCCCCCCCCC. The summed E-state index contributed by atoms with van der Waals surface area (Å²) in [7, 11) is 0. The largest absolute Gasteiger partial charge is 0.462 e. The molecule has 0 saturated carbocycles. The molecule has 0 aromatic carbocycles. The van der Waals surface area contributed by atoms with Gasteiger partial charge in [0.15, 0.2) is 6.10 Å². The van der Waals surface area contributed by atoms with Crippen LogP contribution in [0.2, 0.25) is 0 Å². The predicted octanol–water partition coefficient (Wildman–Crippen LogP) is 23.8. The van der Waals surface area contributed by atoms with Gasteiger partial charge in [0.05, 0.1) is 0 Å². The van der Waals surface area contributed by atoms with Gasteiger partial charge in [-0.25, -0.2) is 0 Å². The monoisotopic (exact) mass is 1120 g/mol. The summed E-state index contributed by atoms with van der Waals surface area (Å²) in [6.07, 6.45) is 94.0. The average molecular weight is 1130 g/mol. The Morgan fingerprint density at radius 3 is 0.802 bits per heavy atom. The van der Waals surface area contributed by atoms with E-state index < -0.39 is 6.10 Å². The van der Waals surface area contributed by atoms with Crippen LogP contribution in [-0.2, 0) is 28.6 Å². The quantitative estimate of drug-likeness (QED) is 0.0261. The van der Waals surface area contributed by atoms with Gasteiger partial charge in [0, 0.05) is 19.3 Å². The van der Waals surface area contributed by atoms with Crippen molar-refractivity contribution in [2.24, 2.45) is 0 Å². The fourth-order valence-corrected chi connectivity index (χ4v) is 9.64. The van der Waals surface area contributed by atoms with Crippen LogP contribution in [0.5, 0.6) is 0 Å². The molecule has 0 aromatic rings. The number of ether oxygens (including phenoxy) is 3. The van der Waals surface area contributed by atoms with Gasteiger partial charge in [0.25, 0.3) is 0 Å². The topological polar surface area (TPSA) is 78.9 Å². The van der Waals surface area contributed by atoms with E-state index in [1.807, 2.05) is 0 Å². The zero-order valence-corrected chi connectivity index (χ0v) is 53.3. The maximum atomic E-state index is 12.9. The van der Waals surface area contributed by atoms with Crippen LogP contribution in [0, 0.1) is 0 Å². The molecule has 0 fully saturated rings. The molecule has 0 aliphatic heterocycles. The Morgan fingerprint density at radius 1 is 0.259 bits per heavy atom. The molecule has 0 saturated heterocycles. The first-order valence-corrected chi connectivity index (χ1v) is 34.4. The first-order chi connectivity index (χ1) is 40.0. The third kappa shape index (κ3) is 66.8. The second kappa shape index (κ2) is 68.6. The van der Waals surface area contributed by atoms with Gasteiger partial charge in [-0.2, -0.15) is 0 Å². The van der Waals surface area contributed by atoms with E-state index in [2.05, 4.69) is 130 Å². The van der Waals surface area contributed by atoms with E-state index in [4.69, 9.17) is 14.2 Å². The molecule has 0 aromatic heterocycles. The molecule has 0 radical (unpaired) electrons. The summed E-state index contributed by atoms with van der Waals surface area (Å²) in [4.78, 5) is 38.3. The highest BCUT2D eigenvalue weighted by molar-refractivity contribution is 5.71. The van der Waals surface area contributed by atoms with Gasteiger partial charge in [-0.1, -0.05) is 316 Å². The van der Waals surface area contributed by atoms with E-state index >= 15 is 0 Å². The lowest BCUT2D eigenvalue weighted by Crippen LogP contribution is -2.30. The summed E-state index contributed by atoms with van der Waals surface area (Å²) < 4.78 is 16.9. The summed E-state index contributed by atoms with van der Waals surface area (Å²) in [5.41, 5.74) is 0. The number of carbonyl (C=O) groups excluding carboxylic acids is 3. The van der Waals surface area contributed by atoms with Crippen molar-refractivity contribution in [3.8, 4) is 0 Å². The summed E-state index contributed by atoms with van der Waals surface area (Å²) in [6, 6.07) is 0. The average Bonchev–Trinajstić information content (AvgIpc) is 3.46. The molecular weight excluding hydrogens is 997 g/mol. The van der Waals surface area contributed by atoms with Crippen molar-refractivity contribution < 1.29 is 28.6 Å². The van der Waals surface area contributed by atoms with E-state index in [0.29, 0.717) is 19.3 Å². The Hall–Kier alpha value is -3.93. The highest BCUT2D eigenvalue weighted by atomic mass is 16.6. The molecule has 0 spiro atoms. The van der Waals surface area contributed by atoms with Crippen LogP contribution in [0.15, 0.2) is 109 Å². The number of unbranched alkanes of at least 4 members (excludes halogenated alkanes) is 33. The summed E-state index contributed by atoms with van der Waals surface area (Å²) in [5.74, 6) is -0.882.